The third-order valence-electron chi connectivity index (χ3n) is 5.55. The first kappa shape index (κ1) is 20.1. The van der Waals surface area contributed by atoms with Crippen LogP contribution in [0, 0.1) is 0 Å². The van der Waals surface area contributed by atoms with E-state index in [1.165, 1.54) is 36.5 Å². The lowest BCUT2D eigenvalue weighted by Crippen LogP contribution is -2.41. The first-order valence-corrected chi connectivity index (χ1v) is 9.99. The minimum atomic E-state index is -2.81. The quantitative estimate of drug-likeness (QED) is 0.632. The topological polar surface area (TPSA) is 107 Å². The Kier molecular flexibility index (Phi) is 4.65. The van der Waals surface area contributed by atoms with Crippen LogP contribution >= 0.6 is 0 Å². The van der Waals surface area contributed by atoms with Crippen molar-refractivity contribution in [2.75, 3.05) is 7.05 Å². The van der Waals surface area contributed by atoms with E-state index in [0.717, 1.165) is 12.8 Å². The molecule has 1 fully saturated rings. The van der Waals surface area contributed by atoms with Crippen LogP contribution in [0.1, 0.15) is 36.1 Å². The molecule has 3 aromatic rings. The Morgan fingerprint density at radius 2 is 2.03 bits per heavy atom. The molecule has 1 unspecified atom stereocenters. The number of benzene rings is 1. The molecule has 1 amide bonds. The summed E-state index contributed by atoms with van der Waals surface area (Å²) in [6, 6.07) is 9.55. The maximum Gasteiger partial charge on any atom is 0.280 e. The highest BCUT2D eigenvalue weighted by atomic mass is 19.3. The molecule has 1 saturated carbocycles. The molecule has 8 nitrogen and oxygen atoms in total. The summed E-state index contributed by atoms with van der Waals surface area (Å²) in [7, 11) is 1.49. The zero-order valence-electron chi connectivity index (χ0n) is 17.0. The van der Waals surface area contributed by atoms with E-state index in [2.05, 4.69) is 15.1 Å². The molecule has 1 aromatic carbocycles. The van der Waals surface area contributed by atoms with Gasteiger partial charge in [-0.1, -0.05) is 5.16 Å². The van der Waals surface area contributed by atoms with Gasteiger partial charge in [0.25, 0.3) is 12.3 Å². The summed E-state index contributed by atoms with van der Waals surface area (Å²) in [5.41, 5.74) is 5.68. The van der Waals surface area contributed by atoms with E-state index in [4.69, 9.17) is 15.0 Å². The van der Waals surface area contributed by atoms with Crippen molar-refractivity contribution < 1.29 is 22.8 Å². The molecule has 164 valence electrons. The van der Waals surface area contributed by atoms with E-state index < -0.39 is 23.6 Å². The molecule has 32 heavy (non-hydrogen) atoms. The van der Waals surface area contributed by atoms with Gasteiger partial charge in [0.15, 0.2) is 11.5 Å². The van der Waals surface area contributed by atoms with Crippen molar-refractivity contribution in [1.82, 2.24) is 15.0 Å². The molecule has 2 N–H and O–H groups in total. The lowest BCUT2D eigenvalue weighted by Gasteiger charge is -2.27. The van der Waals surface area contributed by atoms with Crippen molar-refractivity contribution in [2.45, 2.75) is 30.9 Å². The monoisotopic (exact) mass is 439 g/mol. The maximum absolute atomic E-state index is 13.5. The molecule has 1 atom stereocenters. The third kappa shape index (κ3) is 3.28. The number of hydrogen-bond acceptors (Lipinski definition) is 7. The standard InChI is InChI=1S/C22H19F2N5O3/c1-29-20(30)22(27-21(29)25,13-4-6-26-18(11-13)19(23)24)14-8-12(17-5-7-31-28-17)9-16(10-14)32-15-2-3-15/h4-11,15,19H,2-3H2,1H3,(H2,25,27). The molecule has 0 saturated heterocycles. The number of carbonyl (C=O) groups is 1. The molecule has 10 heteroatoms. The number of guanidine groups is 1. The molecule has 0 spiro atoms. The maximum atomic E-state index is 13.5. The fourth-order valence-electron chi connectivity index (χ4n) is 3.74. The molecule has 2 aliphatic rings. The van der Waals surface area contributed by atoms with Crippen LogP contribution in [0.3, 0.4) is 0 Å². The predicted octanol–water partition coefficient (Wildman–Crippen LogP) is 3.25. The van der Waals surface area contributed by atoms with Crippen LogP contribution in [0.15, 0.2) is 58.4 Å². The van der Waals surface area contributed by atoms with E-state index in [1.807, 2.05) is 0 Å². The van der Waals surface area contributed by atoms with Crippen LogP contribution in [0.4, 0.5) is 8.78 Å². The second kappa shape index (κ2) is 7.40. The first-order valence-electron chi connectivity index (χ1n) is 9.99. The fraction of sp³-hybridized carbons (Fsp3) is 0.273. The number of amides is 1. The summed E-state index contributed by atoms with van der Waals surface area (Å²) < 4.78 is 37.8. The Bertz CT molecular complexity index is 1210. The largest absolute Gasteiger partial charge is 0.490 e. The third-order valence-corrected chi connectivity index (χ3v) is 5.55. The summed E-state index contributed by atoms with van der Waals surface area (Å²) in [5.74, 6) is 0.0136. The smallest absolute Gasteiger partial charge is 0.280 e. The summed E-state index contributed by atoms with van der Waals surface area (Å²) in [6.07, 6.45) is 1.82. The van der Waals surface area contributed by atoms with Crippen molar-refractivity contribution >= 4 is 11.9 Å². The van der Waals surface area contributed by atoms with E-state index in [-0.39, 0.29) is 17.6 Å². The molecule has 0 bridgehead atoms. The highest BCUT2D eigenvalue weighted by Gasteiger charge is 2.50. The van der Waals surface area contributed by atoms with Gasteiger partial charge in [-0.25, -0.2) is 13.8 Å². The van der Waals surface area contributed by atoms with Gasteiger partial charge in [-0.3, -0.25) is 14.7 Å². The SMILES string of the molecule is CN1C(=O)C(c2cc(OC3CC3)cc(-c3ccon3)c2)(c2ccnc(C(F)F)c2)N=C1N. The Morgan fingerprint density at radius 1 is 1.22 bits per heavy atom. The van der Waals surface area contributed by atoms with Crippen molar-refractivity contribution in [3.05, 3.63) is 65.7 Å². The van der Waals surface area contributed by atoms with Gasteiger partial charge in [0, 0.05) is 24.9 Å². The predicted molar refractivity (Wildman–Crippen MR) is 110 cm³/mol. The van der Waals surface area contributed by atoms with Gasteiger partial charge in [-0.15, -0.1) is 0 Å². The van der Waals surface area contributed by atoms with Gasteiger partial charge in [0.2, 0.25) is 0 Å². The van der Waals surface area contributed by atoms with Crippen molar-refractivity contribution in [3.8, 4) is 17.0 Å². The van der Waals surface area contributed by atoms with E-state index in [1.54, 1.807) is 24.3 Å². The number of likely N-dealkylation sites (N-methyl/N-ethyl adjacent to an activating group) is 1. The number of rotatable bonds is 6. The van der Waals surface area contributed by atoms with Gasteiger partial charge in [-0.05, 0) is 54.3 Å². The van der Waals surface area contributed by atoms with Crippen LogP contribution < -0.4 is 10.5 Å². The number of carbonyl (C=O) groups excluding carboxylic acids is 1. The molecule has 3 heterocycles. The van der Waals surface area contributed by atoms with E-state index in [9.17, 15) is 13.6 Å². The molecule has 0 radical (unpaired) electrons. The first-order chi connectivity index (χ1) is 15.4. The van der Waals surface area contributed by atoms with Gasteiger partial charge >= 0.3 is 0 Å². The average Bonchev–Trinajstić information content (AvgIpc) is 3.36. The zero-order chi connectivity index (χ0) is 22.5. The number of nitrogens with two attached hydrogens (primary N) is 1. The van der Waals surface area contributed by atoms with Crippen molar-refractivity contribution in [2.24, 2.45) is 10.7 Å². The number of pyridine rings is 1. The number of halogens is 2. The number of aliphatic imine (C=N–C) groups is 1. The number of hydrogen-bond donors (Lipinski definition) is 1. The normalized spacial score (nSPS) is 20.7. The van der Waals surface area contributed by atoms with Crippen LogP contribution in [0.5, 0.6) is 5.75 Å². The van der Waals surface area contributed by atoms with Crippen LogP contribution in [-0.2, 0) is 10.3 Å². The highest BCUT2D eigenvalue weighted by Crippen LogP contribution is 2.43. The summed E-state index contributed by atoms with van der Waals surface area (Å²) in [4.78, 5) is 22.9. The number of alkyl halides is 2. The Hall–Kier alpha value is -3.82. The van der Waals surface area contributed by atoms with Gasteiger partial charge in [-0.2, -0.15) is 0 Å². The molecule has 5 rings (SSSR count). The number of ether oxygens (including phenoxy) is 1. The van der Waals surface area contributed by atoms with Crippen molar-refractivity contribution in [3.63, 3.8) is 0 Å². The summed E-state index contributed by atoms with van der Waals surface area (Å²) in [6.45, 7) is 0. The van der Waals surface area contributed by atoms with Crippen LogP contribution in [0.2, 0.25) is 0 Å². The van der Waals surface area contributed by atoms with Crippen LogP contribution in [0.25, 0.3) is 11.3 Å². The second-order valence-electron chi connectivity index (χ2n) is 7.76. The fourth-order valence-corrected chi connectivity index (χ4v) is 3.74. The van der Waals surface area contributed by atoms with E-state index in [0.29, 0.717) is 22.6 Å². The molecule has 1 aliphatic heterocycles. The van der Waals surface area contributed by atoms with Gasteiger partial charge < -0.3 is 15.0 Å². The van der Waals surface area contributed by atoms with Gasteiger partial charge in [0.1, 0.15) is 23.4 Å². The van der Waals surface area contributed by atoms with Gasteiger partial charge in [0.05, 0.1) is 6.10 Å². The summed E-state index contributed by atoms with van der Waals surface area (Å²) in [5, 5.41) is 3.98. The molecule has 2 aromatic heterocycles. The average molecular weight is 439 g/mol. The Morgan fingerprint density at radius 3 is 2.66 bits per heavy atom. The highest BCUT2D eigenvalue weighted by molar-refractivity contribution is 6.09. The minimum absolute atomic E-state index is 0.0260. The Labute approximate surface area is 181 Å². The lowest BCUT2D eigenvalue weighted by atomic mass is 9.82. The van der Waals surface area contributed by atoms with E-state index >= 15 is 0 Å². The molecular formula is C22H19F2N5O3. The second-order valence-corrected chi connectivity index (χ2v) is 7.76. The van der Waals surface area contributed by atoms with Crippen molar-refractivity contribution in [1.29, 1.82) is 0 Å². The van der Waals surface area contributed by atoms with Crippen LogP contribution in [-0.4, -0.2) is 40.1 Å². The molecule has 1 aliphatic carbocycles. The Balaban J connectivity index is 1.75. The lowest BCUT2D eigenvalue weighted by molar-refractivity contribution is -0.129. The zero-order valence-corrected chi connectivity index (χ0v) is 17.0. The number of nitrogens with zero attached hydrogens (tertiary/aromatic N) is 4. The molecular weight excluding hydrogens is 420 g/mol. The summed E-state index contributed by atoms with van der Waals surface area (Å²) >= 11 is 0. The minimum Gasteiger partial charge on any atom is -0.490 e. The number of aromatic nitrogens is 2.